The molecule has 0 bridgehead atoms. The molecule has 0 aliphatic carbocycles. The second-order valence-electron chi connectivity index (χ2n) is 7.65. The third kappa shape index (κ3) is 7.58. The van der Waals surface area contributed by atoms with Gasteiger partial charge in [-0.25, -0.2) is 0 Å². The summed E-state index contributed by atoms with van der Waals surface area (Å²) in [5.41, 5.74) is 2.99. The monoisotopic (exact) mass is 418 g/mol. The Morgan fingerprint density at radius 2 is 1.52 bits per heavy atom. The van der Waals surface area contributed by atoms with E-state index in [1.54, 1.807) is 31.4 Å². The van der Waals surface area contributed by atoms with Gasteiger partial charge < -0.3 is 14.6 Å². The predicted octanol–water partition coefficient (Wildman–Crippen LogP) is 5.62. The summed E-state index contributed by atoms with van der Waals surface area (Å²) in [5.74, 6) is 1.67. The normalized spacial score (nSPS) is 11.7. The standard InChI is InChI=1S/C27H30O4/c1-30-25-18-13-23(14-19-25)27(29)9-5-8-24(28)15-10-21-11-16-26(17-12-21)31-20-22-6-3-2-4-7-22/h2-4,6-7,11-14,16-19,24,28H,5,8-10,15,20H2,1H3/t24-/m1/s1. The van der Waals surface area contributed by atoms with E-state index in [2.05, 4.69) is 0 Å². The lowest BCUT2D eigenvalue weighted by Crippen LogP contribution is -2.09. The third-order valence-electron chi connectivity index (χ3n) is 5.29. The van der Waals surface area contributed by atoms with Crippen LogP contribution < -0.4 is 9.47 Å². The van der Waals surface area contributed by atoms with Crippen LogP contribution in [0, 0.1) is 0 Å². The highest BCUT2D eigenvalue weighted by Crippen LogP contribution is 2.18. The van der Waals surface area contributed by atoms with Gasteiger partial charge in [0.1, 0.15) is 18.1 Å². The van der Waals surface area contributed by atoms with E-state index in [-0.39, 0.29) is 5.78 Å². The van der Waals surface area contributed by atoms with Crippen LogP contribution in [0.4, 0.5) is 0 Å². The summed E-state index contributed by atoms with van der Waals surface area (Å²) in [7, 11) is 1.60. The Labute approximate surface area is 184 Å². The van der Waals surface area contributed by atoms with Crippen molar-refractivity contribution >= 4 is 5.78 Å². The maximum absolute atomic E-state index is 12.2. The van der Waals surface area contributed by atoms with Crippen molar-refractivity contribution in [1.82, 2.24) is 0 Å². The highest BCUT2D eigenvalue weighted by atomic mass is 16.5. The van der Waals surface area contributed by atoms with Gasteiger partial charge in [-0.05, 0) is 73.2 Å². The van der Waals surface area contributed by atoms with Gasteiger partial charge in [0.25, 0.3) is 0 Å². The number of hydrogen-bond acceptors (Lipinski definition) is 4. The number of aliphatic hydroxyl groups excluding tert-OH is 1. The van der Waals surface area contributed by atoms with E-state index in [0.717, 1.165) is 23.5 Å². The van der Waals surface area contributed by atoms with Gasteiger partial charge in [-0.1, -0.05) is 42.5 Å². The van der Waals surface area contributed by atoms with Crippen molar-refractivity contribution in [3.8, 4) is 11.5 Å². The molecule has 4 heteroatoms. The predicted molar refractivity (Wildman–Crippen MR) is 123 cm³/mol. The van der Waals surface area contributed by atoms with E-state index in [1.807, 2.05) is 54.6 Å². The molecule has 3 aromatic rings. The molecule has 1 atom stereocenters. The number of ketones is 1. The summed E-state index contributed by atoms with van der Waals surface area (Å²) < 4.78 is 10.9. The number of aliphatic hydroxyl groups is 1. The SMILES string of the molecule is COc1ccc(C(=O)CCC[C@@H](O)CCc2ccc(OCc3ccccc3)cc2)cc1. The minimum absolute atomic E-state index is 0.0981. The molecule has 0 aromatic heterocycles. The fourth-order valence-electron chi connectivity index (χ4n) is 3.39. The van der Waals surface area contributed by atoms with Crippen molar-refractivity contribution < 1.29 is 19.4 Å². The van der Waals surface area contributed by atoms with Crippen molar-refractivity contribution in [2.45, 2.75) is 44.8 Å². The Morgan fingerprint density at radius 3 is 2.19 bits per heavy atom. The fourth-order valence-corrected chi connectivity index (χ4v) is 3.39. The van der Waals surface area contributed by atoms with Crippen molar-refractivity contribution in [1.29, 1.82) is 0 Å². The van der Waals surface area contributed by atoms with Gasteiger partial charge in [-0.3, -0.25) is 4.79 Å². The topological polar surface area (TPSA) is 55.8 Å². The van der Waals surface area contributed by atoms with Crippen LogP contribution >= 0.6 is 0 Å². The summed E-state index contributed by atoms with van der Waals surface area (Å²) >= 11 is 0. The molecule has 0 fully saturated rings. The van der Waals surface area contributed by atoms with Crippen LogP contribution in [0.5, 0.6) is 11.5 Å². The van der Waals surface area contributed by atoms with Gasteiger partial charge in [0, 0.05) is 12.0 Å². The maximum Gasteiger partial charge on any atom is 0.162 e. The molecule has 3 aromatic carbocycles. The molecule has 0 saturated heterocycles. The Morgan fingerprint density at radius 1 is 0.839 bits per heavy atom. The van der Waals surface area contributed by atoms with E-state index >= 15 is 0 Å². The third-order valence-corrected chi connectivity index (χ3v) is 5.29. The molecule has 0 radical (unpaired) electrons. The van der Waals surface area contributed by atoms with Crippen LogP contribution in [-0.4, -0.2) is 24.1 Å². The zero-order chi connectivity index (χ0) is 21.9. The zero-order valence-electron chi connectivity index (χ0n) is 18.0. The second kappa shape index (κ2) is 11.9. The average Bonchev–Trinajstić information content (AvgIpc) is 2.82. The van der Waals surface area contributed by atoms with Crippen LogP contribution in [0.15, 0.2) is 78.9 Å². The van der Waals surface area contributed by atoms with Gasteiger partial charge >= 0.3 is 0 Å². The van der Waals surface area contributed by atoms with E-state index in [0.29, 0.717) is 37.9 Å². The Bertz CT molecular complexity index is 918. The smallest absolute Gasteiger partial charge is 0.162 e. The lowest BCUT2D eigenvalue weighted by Gasteiger charge is -2.11. The number of benzene rings is 3. The second-order valence-corrected chi connectivity index (χ2v) is 7.65. The van der Waals surface area contributed by atoms with E-state index in [1.165, 1.54) is 5.56 Å². The maximum atomic E-state index is 12.2. The van der Waals surface area contributed by atoms with Gasteiger partial charge in [0.05, 0.1) is 13.2 Å². The van der Waals surface area contributed by atoms with Crippen LogP contribution in [0.1, 0.15) is 47.2 Å². The van der Waals surface area contributed by atoms with Gasteiger partial charge in [-0.2, -0.15) is 0 Å². The number of methoxy groups -OCH3 is 1. The molecule has 1 N–H and O–H groups in total. The molecule has 0 spiro atoms. The van der Waals surface area contributed by atoms with Crippen LogP contribution in [0.3, 0.4) is 0 Å². The Kier molecular flexibility index (Phi) is 8.68. The number of rotatable bonds is 12. The molecular weight excluding hydrogens is 388 g/mol. The van der Waals surface area contributed by atoms with Crippen molar-refractivity contribution in [3.05, 3.63) is 95.6 Å². The summed E-state index contributed by atoms with van der Waals surface area (Å²) in [6, 6.07) is 25.3. The lowest BCUT2D eigenvalue weighted by atomic mass is 10.0. The number of hydrogen-bond donors (Lipinski definition) is 1. The van der Waals surface area contributed by atoms with Gasteiger partial charge in [0.2, 0.25) is 0 Å². The van der Waals surface area contributed by atoms with E-state index < -0.39 is 6.10 Å². The summed E-state index contributed by atoms with van der Waals surface area (Å²) in [6.07, 6.45) is 2.82. The molecule has 162 valence electrons. The minimum Gasteiger partial charge on any atom is -0.497 e. The number of Topliss-reactive ketones (excluding diaryl/α,β-unsaturated/α-hetero) is 1. The van der Waals surface area contributed by atoms with E-state index in [4.69, 9.17) is 9.47 Å². The summed E-state index contributed by atoms with van der Waals surface area (Å²) in [5, 5.41) is 10.3. The first-order valence-corrected chi connectivity index (χ1v) is 10.7. The molecule has 0 aliphatic heterocycles. The summed E-state index contributed by atoms with van der Waals surface area (Å²) in [4.78, 5) is 12.2. The van der Waals surface area contributed by atoms with Gasteiger partial charge in [-0.15, -0.1) is 0 Å². The molecule has 4 nitrogen and oxygen atoms in total. The number of carbonyl (C=O) groups is 1. The first kappa shape index (κ1) is 22.6. The average molecular weight is 419 g/mol. The van der Waals surface area contributed by atoms with Crippen molar-refractivity contribution in [2.75, 3.05) is 7.11 Å². The molecular formula is C27H30O4. The molecule has 3 rings (SSSR count). The highest BCUT2D eigenvalue weighted by Gasteiger charge is 2.09. The molecule has 0 amide bonds. The Hall–Kier alpha value is -3.11. The molecule has 0 unspecified atom stereocenters. The van der Waals surface area contributed by atoms with Crippen LogP contribution in [-0.2, 0) is 13.0 Å². The first-order chi connectivity index (χ1) is 15.1. The molecule has 0 aliphatic rings. The van der Waals surface area contributed by atoms with Crippen LogP contribution in [0.25, 0.3) is 0 Å². The van der Waals surface area contributed by atoms with Crippen molar-refractivity contribution in [3.63, 3.8) is 0 Å². The first-order valence-electron chi connectivity index (χ1n) is 10.7. The van der Waals surface area contributed by atoms with Gasteiger partial charge in [0.15, 0.2) is 5.78 Å². The zero-order valence-corrected chi connectivity index (χ0v) is 18.0. The highest BCUT2D eigenvalue weighted by molar-refractivity contribution is 5.96. The lowest BCUT2D eigenvalue weighted by molar-refractivity contribution is 0.0967. The molecule has 0 saturated carbocycles. The molecule has 0 heterocycles. The Balaban J connectivity index is 1.34. The number of carbonyl (C=O) groups excluding carboxylic acids is 1. The van der Waals surface area contributed by atoms with E-state index in [9.17, 15) is 9.90 Å². The fraction of sp³-hybridized carbons (Fsp3) is 0.296. The number of aryl methyl sites for hydroxylation is 1. The quantitative estimate of drug-likeness (QED) is 0.388. The summed E-state index contributed by atoms with van der Waals surface area (Å²) in [6.45, 7) is 0.550. The number of ether oxygens (including phenoxy) is 2. The van der Waals surface area contributed by atoms with Crippen LogP contribution in [0.2, 0.25) is 0 Å². The molecule has 31 heavy (non-hydrogen) atoms. The largest absolute Gasteiger partial charge is 0.497 e. The minimum atomic E-state index is -0.405. The van der Waals surface area contributed by atoms with Crippen molar-refractivity contribution in [2.24, 2.45) is 0 Å².